The standard InChI is InChI=1S/C12H25N7O/c1-5-9-20-12-15-10(17-13)14-11(16-12)19(4)8-6-7-18(2)3/h5-9,13H2,1-4H3,(H,14,15,16,17). The summed E-state index contributed by atoms with van der Waals surface area (Å²) in [5, 5.41) is 0. The highest BCUT2D eigenvalue weighted by atomic mass is 16.5. The predicted octanol–water partition coefficient (Wildman–Crippen LogP) is 0.334. The van der Waals surface area contributed by atoms with Crippen molar-refractivity contribution >= 4 is 11.9 Å². The van der Waals surface area contributed by atoms with Crippen molar-refractivity contribution in [3.05, 3.63) is 0 Å². The van der Waals surface area contributed by atoms with Gasteiger partial charge in [-0.2, -0.15) is 15.0 Å². The highest BCUT2D eigenvalue weighted by Crippen LogP contribution is 2.13. The molecule has 1 rings (SSSR count). The van der Waals surface area contributed by atoms with Gasteiger partial charge in [-0.3, -0.25) is 5.43 Å². The van der Waals surface area contributed by atoms with Crippen LogP contribution < -0.4 is 20.9 Å². The summed E-state index contributed by atoms with van der Waals surface area (Å²) in [6, 6.07) is 0.296. The van der Waals surface area contributed by atoms with Gasteiger partial charge < -0.3 is 14.5 Å². The van der Waals surface area contributed by atoms with E-state index in [4.69, 9.17) is 10.6 Å². The molecule has 20 heavy (non-hydrogen) atoms. The molecule has 8 nitrogen and oxygen atoms in total. The third-order valence-corrected chi connectivity index (χ3v) is 2.61. The summed E-state index contributed by atoms with van der Waals surface area (Å²) in [7, 11) is 6.04. The van der Waals surface area contributed by atoms with E-state index < -0.39 is 0 Å². The van der Waals surface area contributed by atoms with Crippen LogP contribution in [-0.4, -0.2) is 60.7 Å². The van der Waals surface area contributed by atoms with E-state index in [9.17, 15) is 0 Å². The van der Waals surface area contributed by atoms with Gasteiger partial charge in [-0.15, -0.1) is 0 Å². The van der Waals surface area contributed by atoms with Crippen LogP contribution in [0.15, 0.2) is 0 Å². The largest absolute Gasteiger partial charge is 0.463 e. The maximum atomic E-state index is 5.44. The Morgan fingerprint density at radius 2 is 1.90 bits per heavy atom. The molecule has 1 aromatic heterocycles. The Bertz CT molecular complexity index is 399. The first kappa shape index (κ1) is 16.4. The maximum absolute atomic E-state index is 5.44. The number of aromatic nitrogens is 3. The van der Waals surface area contributed by atoms with Gasteiger partial charge in [-0.1, -0.05) is 6.92 Å². The number of nitrogen functional groups attached to an aromatic ring is 1. The topological polar surface area (TPSA) is 92.4 Å². The number of hydrazine groups is 1. The van der Waals surface area contributed by atoms with Crippen molar-refractivity contribution in [1.82, 2.24) is 19.9 Å². The normalized spacial score (nSPS) is 10.7. The van der Waals surface area contributed by atoms with E-state index >= 15 is 0 Å². The Balaban J connectivity index is 2.70. The van der Waals surface area contributed by atoms with E-state index in [0.29, 0.717) is 24.5 Å². The third-order valence-electron chi connectivity index (χ3n) is 2.61. The molecule has 0 radical (unpaired) electrons. The van der Waals surface area contributed by atoms with Crippen LogP contribution in [0, 0.1) is 0 Å². The van der Waals surface area contributed by atoms with E-state index in [1.165, 1.54) is 0 Å². The lowest BCUT2D eigenvalue weighted by molar-refractivity contribution is 0.292. The van der Waals surface area contributed by atoms with Crippen molar-refractivity contribution in [2.45, 2.75) is 19.8 Å². The third kappa shape index (κ3) is 5.54. The van der Waals surface area contributed by atoms with Crippen molar-refractivity contribution in [1.29, 1.82) is 0 Å². The molecule has 0 aliphatic carbocycles. The van der Waals surface area contributed by atoms with Gasteiger partial charge in [0.1, 0.15) is 0 Å². The fraction of sp³-hybridized carbons (Fsp3) is 0.750. The average Bonchev–Trinajstić information content (AvgIpc) is 2.44. The smallest absolute Gasteiger partial charge is 0.323 e. The molecule has 8 heteroatoms. The molecular formula is C12H25N7O. The minimum atomic E-state index is 0.296. The highest BCUT2D eigenvalue weighted by Gasteiger charge is 2.10. The zero-order chi connectivity index (χ0) is 15.0. The van der Waals surface area contributed by atoms with Crippen molar-refractivity contribution in [2.75, 3.05) is 51.2 Å². The van der Waals surface area contributed by atoms with Crippen LogP contribution in [-0.2, 0) is 0 Å². The Morgan fingerprint density at radius 3 is 2.50 bits per heavy atom. The molecule has 0 aliphatic rings. The number of rotatable bonds is 9. The Hall–Kier alpha value is -1.67. The molecule has 0 aromatic carbocycles. The maximum Gasteiger partial charge on any atom is 0.323 e. The molecule has 0 saturated heterocycles. The monoisotopic (exact) mass is 283 g/mol. The van der Waals surface area contributed by atoms with E-state index in [1.54, 1.807) is 0 Å². The number of nitrogens with zero attached hydrogens (tertiary/aromatic N) is 5. The van der Waals surface area contributed by atoms with Crippen molar-refractivity contribution in [3.8, 4) is 6.01 Å². The first-order chi connectivity index (χ1) is 9.56. The van der Waals surface area contributed by atoms with Gasteiger partial charge in [-0.25, -0.2) is 5.84 Å². The number of anilines is 2. The summed E-state index contributed by atoms with van der Waals surface area (Å²) in [4.78, 5) is 16.7. The molecule has 1 heterocycles. The van der Waals surface area contributed by atoms with Crippen LogP contribution >= 0.6 is 0 Å². The van der Waals surface area contributed by atoms with E-state index in [-0.39, 0.29) is 0 Å². The van der Waals surface area contributed by atoms with Crippen LogP contribution in [0.2, 0.25) is 0 Å². The number of hydrogen-bond donors (Lipinski definition) is 2. The van der Waals surface area contributed by atoms with Gasteiger partial charge in [0.25, 0.3) is 0 Å². The zero-order valence-electron chi connectivity index (χ0n) is 12.8. The van der Waals surface area contributed by atoms with Gasteiger partial charge >= 0.3 is 6.01 Å². The summed E-state index contributed by atoms with van der Waals surface area (Å²) in [5.74, 6) is 6.23. The summed E-state index contributed by atoms with van der Waals surface area (Å²) in [6.45, 7) is 4.45. The second-order valence-corrected chi connectivity index (χ2v) is 4.81. The van der Waals surface area contributed by atoms with Crippen LogP contribution in [0.4, 0.5) is 11.9 Å². The summed E-state index contributed by atoms with van der Waals surface area (Å²) in [6.07, 6.45) is 1.91. The van der Waals surface area contributed by atoms with Gasteiger partial charge in [0, 0.05) is 13.6 Å². The number of ether oxygens (including phenoxy) is 1. The molecule has 1 aromatic rings. The molecule has 0 fully saturated rings. The average molecular weight is 283 g/mol. The first-order valence-electron chi connectivity index (χ1n) is 6.78. The molecular weight excluding hydrogens is 258 g/mol. The highest BCUT2D eigenvalue weighted by molar-refractivity contribution is 5.36. The second kappa shape index (κ2) is 8.49. The molecule has 0 amide bonds. The Morgan fingerprint density at radius 1 is 1.15 bits per heavy atom. The molecule has 114 valence electrons. The van der Waals surface area contributed by atoms with E-state index in [2.05, 4.69) is 39.4 Å². The first-order valence-corrected chi connectivity index (χ1v) is 6.78. The molecule has 0 unspecified atom stereocenters. The van der Waals surface area contributed by atoms with Gasteiger partial charge in [0.15, 0.2) is 0 Å². The lowest BCUT2D eigenvalue weighted by Gasteiger charge is -2.19. The molecule has 0 spiro atoms. The van der Waals surface area contributed by atoms with Crippen molar-refractivity contribution in [2.24, 2.45) is 5.84 Å². The molecule has 0 saturated carbocycles. The zero-order valence-corrected chi connectivity index (χ0v) is 12.8. The molecule has 0 aliphatic heterocycles. The molecule has 0 atom stereocenters. The minimum absolute atomic E-state index is 0.296. The van der Waals surface area contributed by atoms with Gasteiger partial charge in [0.05, 0.1) is 6.61 Å². The predicted molar refractivity (Wildman–Crippen MR) is 79.9 cm³/mol. The number of hydrogen-bond acceptors (Lipinski definition) is 8. The second-order valence-electron chi connectivity index (χ2n) is 4.81. The quantitative estimate of drug-likeness (QED) is 0.495. The van der Waals surface area contributed by atoms with Crippen LogP contribution in [0.5, 0.6) is 6.01 Å². The van der Waals surface area contributed by atoms with E-state index in [1.807, 2.05) is 18.9 Å². The van der Waals surface area contributed by atoms with Crippen LogP contribution in [0.1, 0.15) is 19.8 Å². The fourth-order valence-corrected chi connectivity index (χ4v) is 1.56. The molecule has 3 N–H and O–H groups in total. The lowest BCUT2D eigenvalue weighted by atomic mass is 10.4. The van der Waals surface area contributed by atoms with Crippen molar-refractivity contribution in [3.63, 3.8) is 0 Å². The lowest BCUT2D eigenvalue weighted by Crippen LogP contribution is -2.26. The summed E-state index contributed by atoms with van der Waals surface area (Å²) < 4.78 is 5.44. The Labute approximate surface area is 120 Å². The summed E-state index contributed by atoms with van der Waals surface area (Å²) in [5.41, 5.74) is 2.44. The minimum Gasteiger partial charge on any atom is -0.463 e. The van der Waals surface area contributed by atoms with Crippen molar-refractivity contribution < 1.29 is 4.74 Å². The van der Waals surface area contributed by atoms with Gasteiger partial charge in [-0.05, 0) is 33.5 Å². The molecule has 0 bridgehead atoms. The fourth-order valence-electron chi connectivity index (χ4n) is 1.56. The van der Waals surface area contributed by atoms with Gasteiger partial charge in [0.2, 0.25) is 11.9 Å². The number of nitrogens with two attached hydrogens (primary N) is 1. The summed E-state index contributed by atoms with van der Waals surface area (Å²) >= 11 is 0. The van der Waals surface area contributed by atoms with E-state index in [0.717, 1.165) is 25.9 Å². The number of nitrogens with one attached hydrogen (secondary N) is 1. The SMILES string of the molecule is CCCOc1nc(NN)nc(N(C)CCCN(C)C)n1. The van der Waals surface area contributed by atoms with Crippen LogP contribution in [0.3, 0.4) is 0 Å². The Kier molecular flexibility index (Phi) is 6.96. The van der Waals surface area contributed by atoms with Crippen LogP contribution in [0.25, 0.3) is 0 Å².